The van der Waals surface area contributed by atoms with Crippen molar-refractivity contribution in [1.29, 1.82) is 0 Å². The number of H-pyrrole nitrogens is 1. The van der Waals surface area contributed by atoms with Gasteiger partial charge in [-0.3, -0.25) is 9.59 Å². The minimum absolute atomic E-state index is 0.0148. The van der Waals surface area contributed by atoms with Crippen LogP contribution in [0.1, 0.15) is 40.3 Å². The standard InChI is InChI=1S/C20H25N5O4/c1-11-6-16(29-5)14(19(26)24-11)8-22-20(27)17-13(3)25(12(2)9-28-4)18-15(17)7-21-10-23-18/h6-7,10,12H,8-9H2,1-5H3,(H,22,27)(H,24,26)/t12-/m0/s1. The van der Waals surface area contributed by atoms with E-state index in [0.717, 1.165) is 5.69 Å². The number of aromatic nitrogens is 4. The van der Waals surface area contributed by atoms with E-state index >= 15 is 0 Å². The van der Waals surface area contributed by atoms with Gasteiger partial charge in [0, 0.05) is 24.7 Å². The predicted molar refractivity (Wildman–Crippen MR) is 108 cm³/mol. The van der Waals surface area contributed by atoms with Gasteiger partial charge in [0.15, 0.2) is 0 Å². The molecular formula is C20H25N5O4. The molecule has 0 aliphatic rings. The monoisotopic (exact) mass is 399 g/mol. The highest BCUT2D eigenvalue weighted by atomic mass is 16.5. The molecule has 0 bridgehead atoms. The van der Waals surface area contributed by atoms with Crippen molar-refractivity contribution in [3.05, 3.63) is 51.5 Å². The van der Waals surface area contributed by atoms with Crippen molar-refractivity contribution in [3.63, 3.8) is 0 Å². The van der Waals surface area contributed by atoms with Crippen molar-refractivity contribution >= 4 is 16.9 Å². The third-order valence-electron chi connectivity index (χ3n) is 4.86. The number of rotatable bonds is 7. The van der Waals surface area contributed by atoms with Gasteiger partial charge >= 0.3 is 0 Å². The van der Waals surface area contributed by atoms with Crippen LogP contribution in [0, 0.1) is 13.8 Å². The number of nitrogens with one attached hydrogen (secondary N) is 2. The molecule has 0 saturated heterocycles. The molecule has 3 aromatic heterocycles. The molecule has 3 rings (SSSR count). The lowest BCUT2D eigenvalue weighted by atomic mass is 10.1. The van der Waals surface area contributed by atoms with E-state index < -0.39 is 0 Å². The fourth-order valence-corrected chi connectivity index (χ4v) is 3.60. The fourth-order valence-electron chi connectivity index (χ4n) is 3.60. The van der Waals surface area contributed by atoms with Gasteiger partial charge in [0.2, 0.25) is 0 Å². The molecule has 0 aliphatic carbocycles. The molecule has 3 heterocycles. The van der Waals surface area contributed by atoms with E-state index in [-0.39, 0.29) is 24.1 Å². The molecular weight excluding hydrogens is 374 g/mol. The Balaban J connectivity index is 1.97. The number of carbonyl (C=O) groups is 1. The minimum atomic E-state index is -0.312. The summed E-state index contributed by atoms with van der Waals surface area (Å²) in [4.78, 5) is 36.5. The van der Waals surface area contributed by atoms with Gasteiger partial charge in [-0.05, 0) is 26.8 Å². The first-order valence-electron chi connectivity index (χ1n) is 9.23. The molecule has 0 fully saturated rings. The zero-order valence-corrected chi connectivity index (χ0v) is 17.2. The van der Waals surface area contributed by atoms with Crippen LogP contribution in [0.25, 0.3) is 11.0 Å². The summed E-state index contributed by atoms with van der Waals surface area (Å²) >= 11 is 0. The normalized spacial score (nSPS) is 12.2. The number of carbonyl (C=O) groups excluding carboxylic acids is 1. The topological polar surface area (TPSA) is 111 Å². The zero-order valence-electron chi connectivity index (χ0n) is 17.2. The molecule has 0 aliphatic heterocycles. The first-order chi connectivity index (χ1) is 13.9. The van der Waals surface area contributed by atoms with E-state index in [2.05, 4.69) is 20.3 Å². The molecule has 0 saturated carbocycles. The van der Waals surface area contributed by atoms with Crippen molar-refractivity contribution < 1.29 is 14.3 Å². The molecule has 0 spiro atoms. The third kappa shape index (κ3) is 3.86. The van der Waals surface area contributed by atoms with Gasteiger partial charge in [-0.1, -0.05) is 0 Å². The summed E-state index contributed by atoms with van der Waals surface area (Å²) in [5.74, 6) is 0.121. The third-order valence-corrected chi connectivity index (χ3v) is 4.86. The maximum atomic E-state index is 13.1. The Labute approximate surface area is 168 Å². The van der Waals surface area contributed by atoms with E-state index in [1.54, 1.807) is 26.3 Å². The first-order valence-corrected chi connectivity index (χ1v) is 9.23. The van der Waals surface area contributed by atoms with Gasteiger partial charge < -0.3 is 24.3 Å². The number of ether oxygens (including phenoxy) is 2. The van der Waals surface area contributed by atoms with Gasteiger partial charge in [-0.25, -0.2) is 9.97 Å². The van der Waals surface area contributed by atoms with E-state index in [9.17, 15) is 9.59 Å². The highest BCUT2D eigenvalue weighted by molar-refractivity contribution is 6.07. The smallest absolute Gasteiger partial charge is 0.256 e. The lowest BCUT2D eigenvalue weighted by Crippen LogP contribution is -2.28. The number of fused-ring (bicyclic) bond motifs is 1. The summed E-state index contributed by atoms with van der Waals surface area (Å²) in [6, 6.07) is 1.71. The van der Waals surface area contributed by atoms with Crippen molar-refractivity contribution in [2.75, 3.05) is 20.8 Å². The number of amides is 1. The second-order valence-corrected chi connectivity index (χ2v) is 6.91. The second kappa shape index (κ2) is 8.44. The van der Waals surface area contributed by atoms with Crippen LogP contribution in [0.2, 0.25) is 0 Å². The summed E-state index contributed by atoms with van der Waals surface area (Å²) in [5, 5.41) is 3.48. The first kappa shape index (κ1) is 20.5. The van der Waals surface area contributed by atoms with E-state index in [1.807, 2.05) is 18.4 Å². The Morgan fingerprint density at radius 2 is 2.10 bits per heavy atom. The lowest BCUT2D eigenvalue weighted by Gasteiger charge is -2.16. The van der Waals surface area contributed by atoms with Crippen LogP contribution < -0.4 is 15.6 Å². The average Bonchev–Trinajstić information content (AvgIpc) is 2.98. The Hall–Kier alpha value is -3.20. The van der Waals surface area contributed by atoms with Crippen molar-refractivity contribution in [2.24, 2.45) is 0 Å². The molecule has 1 amide bonds. The number of hydrogen-bond donors (Lipinski definition) is 2. The highest BCUT2D eigenvalue weighted by Gasteiger charge is 2.24. The van der Waals surface area contributed by atoms with E-state index in [4.69, 9.17) is 9.47 Å². The van der Waals surface area contributed by atoms with Crippen LogP contribution in [0.4, 0.5) is 0 Å². The molecule has 0 aromatic carbocycles. The molecule has 1 atom stereocenters. The number of aryl methyl sites for hydroxylation is 1. The van der Waals surface area contributed by atoms with Gasteiger partial charge in [0.05, 0.1) is 42.8 Å². The SMILES string of the molecule is COC[C@H](C)n1c(C)c(C(=O)NCc2c(OC)cc(C)[nH]c2=O)c2cncnc21. The van der Waals surface area contributed by atoms with Gasteiger partial charge in [-0.2, -0.15) is 0 Å². The van der Waals surface area contributed by atoms with Crippen LogP contribution in [-0.2, 0) is 11.3 Å². The number of methoxy groups -OCH3 is 2. The van der Waals surface area contributed by atoms with Crippen molar-refractivity contribution in [2.45, 2.75) is 33.4 Å². The molecule has 154 valence electrons. The largest absolute Gasteiger partial charge is 0.496 e. The van der Waals surface area contributed by atoms with Crippen LogP contribution in [0.15, 0.2) is 23.4 Å². The van der Waals surface area contributed by atoms with Crippen LogP contribution >= 0.6 is 0 Å². The average molecular weight is 399 g/mol. The summed E-state index contributed by atoms with van der Waals surface area (Å²) in [6.45, 7) is 6.14. The maximum absolute atomic E-state index is 13.1. The summed E-state index contributed by atoms with van der Waals surface area (Å²) < 4.78 is 12.5. The summed E-state index contributed by atoms with van der Waals surface area (Å²) in [6.07, 6.45) is 3.08. The van der Waals surface area contributed by atoms with Crippen LogP contribution in [0.3, 0.4) is 0 Å². The van der Waals surface area contributed by atoms with Gasteiger partial charge in [-0.15, -0.1) is 0 Å². The van der Waals surface area contributed by atoms with E-state index in [1.165, 1.54) is 13.4 Å². The molecule has 0 radical (unpaired) electrons. The highest BCUT2D eigenvalue weighted by Crippen LogP contribution is 2.27. The van der Waals surface area contributed by atoms with Crippen molar-refractivity contribution in [3.8, 4) is 5.75 Å². The van der Waals surface area contributed by atoms with Gasteiger partial charge in [0.1, 0.15) is 17.7 Å². The molecule has 0 unspecified atom stereocenters. The van der Waals surface area contributed by atoms with Crippen LogP contribution in [-0.4, -0.2) is 46.3 Å². The molecule has 2 N–H and O–H groups in total. The number of aromatic amines is 1. The lowest BCUT2D eigenvalue weighted by molar-refractivity contribution is 0.0951. The summed E-state index contributed by atoms with van der Waals surface area (Å²) in [5.41, 5.74) is 2.65. The molecule has 3 aromatic rings. The number of pyridine rings is 1. The summed E-state index contributed by atoms with van der Waals surface area (Å²) in [7, 11) is 3.12. The Bertz CT molecular complexity index is 1100. The van der Waals surface area contributed by atoms with E-state index in [0.29, 0.717) is 40.2 Å². The Morgan fingerprint density at radius 3 is 2.79 bits per heavy atom. The van der Waals surface area contributed by atoms with Crippen LogP contribution in [0.5, 0.6) is 5.75 Å². The van der Waals surface area contributed by atoms with Crippen molar-refractivity contribution in [1.82, 2.24) is 24.8 Å². The zero-order chi connectivity index (χ0) is 21.1. The Morgan fingerprint density at radius 1 is 1.34 bits per heavy atom. The molecule has 29 heavy (non-hydrogen) atoms. The molecule has 9 heteroatoms. The molecule has 9 nitrogen and oxygen atoms in total. The predicted octanol–water partition coefficient (Wildman–Crippen LogP) is 1.88. The maximum Gasteiger partial charge on any atom is 0.256 e. The second-order valence-electron chi connectivity index (χ2n) is 6.91. The minimum Gasteiger partial charge on any atom is -0.496 e. The van der Waals surface area contributed by atoms with Gasteiger partial charge in [0.25, 0.3) is 11.5 Å². The Kier molecular flexibility index (Phi) is 5.97. The number of nitrogens with zero attached hydrogens (tertiary/aromatic N) is 3. The quantitative estimate of drug-likeness (QED) is 0.628. The fraction of sp³-hybridized carbons (Fsp3) is 0.400. The number of hydrogen-bond acceptors (Lipinski definition) is 6.